The number of H-pyrrole nitrogens is 1. The van der Waals surface area contributed by atoms with Gasteiger partial charge in [0.2, 0.25) is 0 Å². The maximum absolute atomic E-state index is 12.9. The Labute approximate surface area is 166 Å². The molecule has 0 atom stereocenters. The highest BCUT2D eigenvalue weighted by molar-refractivity contribution is 6.09. The van der Waals surface area contributed by atoms with E-state index in [1.165, 1.54) is 11.8 Å². The summed E-state index contributed by atoms with van der Waals surface area (Å²) >= 11 is 0. The van der Waals surface area contributed by atoms with Gasteiger partial charge in [-0.3, -0.25) is 9.89 Å². The van der Waals surface area contributed by atoms with Gasteiger partial charge in [-0.15, -0.1) is 0 Å². The summed E-state index contributed by atoms with van der Waals surface area (Å²) in [5, 5.41) is 14.3. The minimum absolute atomic E-state index is 0.270. The zero-order valence-corrected chi connectivity index (χ0v) is 15.9. The van der Waals surface area contributed by atoms with Crippen molar-refractivity contribution in [3.8, 4) is 17.0 Å². The molecule has 3 heterocycles. The number of aromatic amines is 1. The van der Waals surface area contributed by atoms with Crippen LogP contribution in [0, 0.1) is 0 Å². The van der Waals surface area contributed by atoms with E-state index in [0.717, 1.165) is 30.6 Å². The second kappa shape index (κ2) is 7.05. The van der Waals surface area contributed by atoms with Gasteiger partial charge >= 0.3 is 0 Å². The molecule has 0 radical (unpaired) electrons. The Balaban J connectivity index is 1.49. The van der Waals surface area contributed by atoms with E-state index in [-0.39, 0.29) is 12.0 Å². The Morgan fingerprint density at radius 2 is 2.24 bits per heavy atom. The number of anilines is 1. The Morgan fingerprint density at radius 1 is 1.34 bits per heavy atom. The van der Waals surface area contributed by atoms with Gasteiger partial charge in [-0.05, 0) is 43.0 Å². The third kappa shape index (κ3) is 3.33. The quantitative estimate of drug-likeness (QED) is 0.527. The van der Waals surface area contributed by atoms with Gasteiger partial charge in [-0.2, -0.15) is 10.2 Å². The average Bonchev–Trinajstić information content (AvgIpc) is 3.27. The number of hydrogen-bond acceptors (Lipinski definition) is 5. The predicted octanol–water partition coefficient (Wildman–Crippen LogP) is 3.48. The number of nitrogens with one attached hydrogen (secondary N) is 2. The number of amides is 1. The molecular weight excluding hydrogens is 368 g/mol. The molecule has 0 unspecified atom stereocenters. The lowest BCUT2D eigenvalue weighted by Crippen LogP contribution is -2.12. The molecule has 0 spiro atoms. The maximum atomic E-state index is 12.9. The standard InChI is InChI=1S/C21H20N6O2/c1-2-13-4-7-18(29-14-5-6-14)15(10-13)19-17(12-23-26-19)25-21(28)16-11-24-27-9-3-8-22-20(16)27/h3-4,7-12,14H,2,5-6H2,1H3,(H,23,26)(H,25,28). The van der Waals surface area contributed by atoms with E-state index in [1.807, 2.05) is 6.07 Å². The highest BCUT2D eigenvalue weighted by Crippen LogP contribution is 2.38. The first-order valence-electron chi connectivity index (χ1n) is 9.66. The SMILES string of the molecule is CCc1ccc(OC2CC2)c(-c2[nH]ncc2NC(=O)c2cnn3cccnc23)c1. The molecule has 0 bridgehead atoms. The molecule has 1 aliphatic carbocycles. The van der Waals surface area contributed by atoms with E-state index in [1.54, 1.807) is 29.2 Å². The lowest BCUT2D eigenvalue weighted by atomic mass is 10.0. The van der Waals surface area contributed by atoms with Gasteiger partial charge in [-0.25, -0.2) is 9.50 Å². The fraction of sp³-hybridized carbons (Fsp3) is 0.238. The molecule has 2 N–H and O–H groups in total. The van der Waals surface area contributed by atoms with Crippen molar-refractivity contribution in [3.63, 3.8) is 0 Å². The maximum Gasteiger partial charge on any atom is 0.261 e. The number of carbonyl (C=O) groups is 1. The van der Waals surface area contributed by atoms with Crippen molar-refractivity contribution >= 4 is 17.2 Å². The molecule has 0 aliphatic heterocycles. The van der Waals surface area contributed by atoms with Crippen LogP contribution in [0.3, 0.4) is 0 Å². The topological polar surface area (TPSA) is 97.2 Å². The number of fused-ring (bicyclic) bond motifs is 1. The first kappa shape index (κ1) is 17.4. The van der Waals surface area contributed by atoms with Gasteiger partial charge in [0, 0.05) is 18.0 Å². The summed E-state index contributed by atoms with van der Waals surface area (Å²) in [5.41, 5.74) is 4.27. The van der Waals surface area contributed by atoms with Crippen LogP contribution in [-0.4, -0.2) is 36.8 Å². The van der Waals surface area contributed by atoms with Crippen LogP contribution < -0.4 is 10.1 Å². The average molecular weight is 388 g/mol. The van der Waals surface area contributed by atoms with Gasteiger partial charge in [0.05, 0.1) is 29.9 Å². The minimum Gasteiger partial charge on any atom is -0.490 e. The number of nitrogens with zero attached hydrogens (tertiary/aromatic N) is 4. The zero-order valence-electron chi connectivity index (χ0n) is 15.9. The second-order valence-corrected chi connectivity index (χ2v) is 7.06. The van der Waals surface area contributed by atoms with Gasteiger partial charge < -0.3 is 10.1 Å². The van der Waals surface area contributed by atoms with Crippen LogP contribution in [0.5, 0.6) is 5.75 Å². The molecule has 1 amide bonds. The van der Waals surface area contributed by atoms with Crippen LogP contribution in [-0.2, 0) is 6.42 Å². The van der Waals surface area contributed by atoms with Crippen LogP contribution in [0.25, 0.3) is 16.9 Å². The summed E-state index contributed by atoms with van der Waals surface area (Å²) < 4.78 is 7.65. The Bertz CT molecular complexity index is 1190. The van der Waals surface area contributed by atoms with Crippen molar-refractivity contribution in [2.75, 3.05) is 5.32 Å². The number of aromatic nitrogens is 5. The van der Waals surface area contributed by atoms with E-state index < -0.39 is 0 Å². The summed E-state index contributed by atoms with van der Waals surface area (Å²) in [4.78, 5) is 17.1. The minimum atomic E-state index is -0.294. The molecule has 8 heteroatoms. The fourth-order valence-electron chi connectivity index (χ4n) is 3.22. The smallest absolute Gasteiger partial charge is 0.261 e. The van der Waals surface area contributed by atoms with Gasteiger partial charge in [0.15, 0.2) is 5.65 Å². The Morgan fingerprint density at radius 3 is 3.07 bits per heavy atom. The molecule has 29 heavy (non-hydrogen) atoms. The lowest BCUT2D eigenvalue weighted by Gasteiger charge is -2.13. The number of benzene rings is 1. The van der Waals surface area contributed by atoms with E-state index in [9.17, 15) is 4.79 Å². The van der Waals surface area contributed by atoms with Crippen LogP contribution in [0.1, 0.15) is 35.7 Å². The molecular formula is C21H20N6O2. The molecule has 4 aromatic rings. The first-order valence-corrected chi connectivity index (χ1v) is 9.66. The first-order chi connectivity index (χ1) is 14.2. The van der Waals surface area contributed by atoms with Crippen molar-refractivity contribution in [2.45, 2.75) is 32.3 Å². The van der Waals surface area contributed by atoms with Crippen LogP contribution in [0.2, 0.25) is 0 Å². The number of carbonyl (C=O) groups excluding carboxylic acids is 1. The van der Waals surface area contributed by atoms with Crippen LogP contribution >= 0.6 is 0 Å². The Kier molecular flexibility index (Phi) is 4.23. The Hall–Kier alpha value is -3.68. The monoisotopic (exact) mass is 388 g/mol. The van der Waals surface area contributed by atoms with Gasteiger partial charge in [-0.1, -0.05) is 13.0 Å². The number of rotatable bonds is 6. The molecule has 1 aliphatic rings. The van der Waals surface area contributed by atoms with Crippen molar-refractivity contribution < 1.29 is 9.53 Å². The van der Waals surface area contributed by atoms with Crippen molar-refractivity contribution in [3.05, 3.63) is 60.2 Å². The summed E-state index contributed by atoms with van der Waals surface area (Å²) in [7, 11) is 0. The number of ether oxygens (including phenoxy) is 1. The molecule has 5 rings (SSSR count). The molecule has 3 aromatic heterocycles. The third-order valence-electron chi connectivity index (χ3n) is 4.95. The normalized spacial score (nSPS) is 13.6. The van der Waals surface area contributed by atoms with Crippen molar-refractivity contribution in [1.29, 1.82) is 0 Å². The summed E-state index contributed by atoms with van der Waals surface area (Å²) in [6, 6.07) is 7.91. The molecule has 0 saturated heterocycles. The third-order valence-corrected chi connectivity index (χ3v) is 4.95. The summed E-state index contributed by atoms with van der Waals surface area (Å²) in [6.45, 7) is 2.11. The molecule has 1 fully saturated rings. The largest absolute Gasteiger partial charge is 0.490 e. The van der Waals surface area contributed by atoms with Crippen LogP contribution in [0.4, 0.5) is 5.69 Å². The van der Waals surface area contributed by atoms with Gasteiger partial charge in [0.1, 0.15) is 11.3 Å². The summed E-state index contributed by atoms with van der Waals surface area (Å²) in [5.74, 6) is 0.500. The van der Waals surface area contributed by atoms with E-state index in [0.29, 0.717) is 22.6 Å². The highest BCUT2D eigenvalue weighted by atomic mass is 16.5. The molecule has 1 aromatic carbocycles. The van der Waals surface area contributed by atoms with E-state index in [4.69, 9.17) is 4.74 Å². The van der Waals surface area contributed by atoms with Gasteiger partial charge in [0.25, 0.3) is 5.91 Å². The van der Waals surface area contributed by atoms with Crippen LogP contribution in [0.15, 0.2) is 49.1 Å². The zero-order chi connectivity index (χ0) is 19.8. The molecule has 146 valence electrons. The summed E-state index contributed by atoms with van der Waals surface area (Å²) in [6.07, 6.45) is 9.82. The predicted molar refractivity (Wildman–Crippen MR) is 108 cm³/mol. The van der Waals surface area contributed by atoms with E-state index in [2.05, 4.69) is 44.7 Å². The highest BCUT2D eigenvalue weighted by Gasteiger charge is 2.26. The second-order valence-electron chi connectivity index (χ2n) is 7.06. The fourth-order valence-corrected chi connectivity index (χ4v) is 3.22. The molecule has 8 nitrogen and oxygen atoms in total. The molecule has 1 saturated carbocycles. The van der Waals surface area contributed by atoms with E-state index >= 15 is 0 Å². The number of hydrogen-bond donors (Lipinski definition) is 2. The van der Waals surface area contributed by atoms with Crippen molar-refractivity contribution in [2.24, 2.45) is 0 Å². The number of aryl methyl sites for hydroxylation is 1. The lowest BCUT2D eigenvalue weighted by molar-refractivity contribution is 0.102. The van der Waals surface area contributed by atoms with Crippen molar-refractivity contribution in [1.82, 2.24) is 24.8 Å².